The number of amides is 2. The van der Waals surface area contributed by atoms with Gasteiger partial charge < -0.3 is 19.4 Å². The van der Waals surface area contributed by atoms with Gasteiger partial charge in [-0.2, -0.15) is 5.26 Å². The van der Waals surface area contributed by atoms with Crippen molar-refractivity contribution in [1.82, 2.24) is 15.2 Å². The number of carbonyl (C=O) groups excluding carboxylic acids is 2. The number of rotatable bonds is 6. The van der Waals surface area contributed by atoms with E-state index in [0.717, 1.165) is 10.3 Å². The van der Waals surface area contributed by atoms with E-state index in [4.69, 9.17) is 14.4 Å². The summed E-state index contributed by atoms with van der Waals surface area (Å²) in [5.41, 5.74) is 1.37. The van der Waals surface area contributed by atoms with Gasteiger partial charge in [-0.25, -0.2) is 8.78 Å². The molecule has 1 unspecified atom stereocenters. The van der Waals surface area contributed by atoms with Gasteiger partial charge in [0.25, 0.3) is 11.8 Å². The maximum Gasteiger partial charge on any atom is 0.268 e. The summed E-state index contributed by atoms with van der Waals surface area (Å²) in [7, 11) is 1.58. The van der Waals surface area contributed by atoms with E-state index in [9.17, 15) is 18.4 Å². The van der Waals surface area contributed by atoms with E-state index >= 15 is 0 Å². The Morgan fingerprint density at radius 3 is 2.94 bits per heavy atom. The van der Waals surface area contributed by atoms with Crippen LogP contribution in [0.3, 0.4) is 0 Å². The lowest BCUT2D eigenvalue weighted by Gasteiger charge is -2.19. The number of aromatic nitrogens is 1. The van der Waals surface area contributed by atoms with Crippen LogP contribution in [0, 0.1) is 11.3 Å². The molecule has 10 heteroatoms. The Kier molecular flexibility index (Phi) is 6.27. The monoisotopic (exact) mass is 466 g/mol. The van der Waals surface area contributed by atoms with Crippen molar-refractivity contribution in [2.24, 2.45) is 0 Å². The molecule has 1 aliphatic rings. The van der Waals surface area contributed by atoms with Crippen LogP contribution < -0.4 is 10.1 Å². The van der Waals surface area contributed by atoms with Gasteiger partial charge in [0.05, 0.1) is 26.3 Å². The van der Waals surface area contributed by atoms with Crippen molar-refractivity contribution in [2.75, 3.05) is 20.2 Å². The number of nitrogens with one attached hydrogen (secondary N) is 1. The molecule has 4 rings (SSSR count). The van der Waals surface area contributed by atoms with Crippen LogP contribution in [0.2, 0.25) is 0 Å². The zero-order valence-corrected chi connectivity index (χ0v) is 18.1. The number of nitriles is 1. The number of methoxy groups -OCH3 is 1. The van der Waals surface area contributed by atoms with Crippen LogP contribution in [-0.2, 0) is 4.79 Å². The maximum atomic E-state index is 13.6. The molecule has 1 N–H and O–H groups in total. The Morgan fingerprint density at radius 2 is 2.18 bits per heavy atom. The van der Waals surface area contributed by atoms with Crippen LogP contribution in [0.4, 0.5) is 8.78 Å². The van der Waals surface area contributed by atoms with E-state index < -0.39 is 43.3 Å². The SMILES string of the molecule is COc1ccc2oc(/C=C/c3cnccc3C(=O)NCC(=O)N3CC(F)(F)CC3C#N)cc2c1. The largest absolute Gasteiger partial charge is 0.497 e. The van der Waals surface area contributed by atoms with Crippen molar-refractivity contribution in [3.8, 4) is 11.8 Å². The highest BCUT2D eigenvalue weighted by molar-refractivity contribution is 6.00. The number of pyridine rings is 1. The number of benzene rings is 1. The summed E-state index contributed by atoms with van der Waals surface area (Å²) in [5, 5.41) is 12.3. The molecule has 3 heterocycles. The predicted molar refractivity (Wildman–Crippen MR) is 119 cm³/mol. The van der Waals surface area contributed by atoms with Crippen molar-refractivity contribution in [2.45, 2.75) is 18.4 Å². The first-order valence-corrected chi connectivity index (χ1v) is 10.3. The fraction of sp³-hybridized carbons (Fsp3) is 0.250. The highest BCUT2D eigenvalue weighted by Gasteiger charge is 2.47. The molecule has 1 saturated heterocycles. The Hall–Kier alpha value is -4.26. The van der Waals surface area contributed by atoms with E-state index in [1.807, 2.05) is 12.1 Å². The predicted octanol–water partition coefficient (Wildman–Crippen LogP) is 3.50. The standard InChI is InChI=1S/C24H20F2N4O4/c1-33-18-4-5-21-16(8-18)9-19(34-21)3-2-15-12-28-7-6-20(15)23(32)29-13-22(31)30-14-24(25,26)10-17(30)11-27/h2-9,12,17H,10,13-14H2,1H3,(H,29,32)/b3-2+. The molecule has 1 fully saturated rings. The summed E-state index contributed by atoms with van der Waals surface area (Å²) in [6.07, 6.45) is 5.51. The van der Waals surface area contributed by atoms with Gasteiger partial charge in [-0.15, -0.1) is 0 Å². The van der Waals surface area contributed by atoms with Gasteiger partial charge >= 0.3 is 0 Å². The lowest BCUT2D eigenvalue weighted by atomic mass is 10.1. The van der Waals surface area contributed by atoms with Crippen LogP contribution in [0.15, 0.2) is 47.1 Å². The molecule has 0 saturated carbocycles. The van der Waals surface area contributed by atoms with E-state index in [-0.39, 0.29) is 5.56 Å². The molecule has 2 amide bonds. The zero-order valence-electron chi connectivity index (χ0n) is 18.1. The third-order valence-corrected chi connectivity index (χ3v) is 5.41. The minimum absolute atomic E-state index is 0.236. The average molecular weight is 466 g/mol. The van der Waals surface area contributed by atoms with Crippen molar-refractivity contribution >= 4 is 34.9 Å². The summed E-state index contributed by atoms with van der Waals surface area (Å²) in [4.78, 5) is 29.9. The number of alkyl halides is 2. The van der Waals surface area contributed by atoms with Gasteiger partial charge in [-0.05, 0) is 42.5 Å². The quantitative estimate of drug-likeness (QED) is 0.596. The molecule has 0 spiro atoms. The molecule has 34 heavy (non-hydrogen) atoms. The number of halogens is 2. The van der Waals surface area contributed by atoms with Gasteiger partial charge in [0.1, 0.15) is 23.1 Å². The average Bonchev–Trinajstić information content (AvgIpc) is 3.39. The van der Waals surface area contributed by atoms with Gasteiger partial charge in [-0.3, -0.25) is 14.6 Å². The summed E-state index contributed by atoms with van der Waals surface area (Å²) in [5.74, 6) is -3.20. The smallest absolute Gasteiger partial charge is 0.268 e. The fourth-order valence-electron chi connectivity index (χ4n) is 3.72. The molecule has 1 aromatic carbocycles. The van der Waals surface area contributed by atoms with Crippen molar-refractivity contribution in [1.29, 1.82) is 5.26 Å². The fourth-order valence-corrected chi connectivity index (χ4v) is 3.72. The molecule has 1 atom stereocenters. The zero-order chi connectivity index (χ0) is 24.3. The molecular weight excluding hydrogens is 446 g/mol. The lowest BCUT2D eigenvalue weighted by molar-refractivity contribution is -0.131. The molecule has 0 radical (unpaired) electrons. The van der Waals surface area contributed by atoms with Gasteiger partial charge in [0, 0.05) is 35.3 Å². The number of likely N-dealkylation sites (tertiary alicyclic amines) is 1. The van der Waals surface area contributed by atoms with Gasteiger partial charge in [0.15, 0.2) is 0 Å². The molecule has 0 aliphatic carbocycles. The second-order valence-electron chi connectivity index (χ2n) is 7.76. The van der Waals surface area contributed by atoms with E-state index in [2.05, 4.69) is 10.3 Å². The molecule has 174 valence electrons. The molecule has 2 aromatic heterocycles. The second kappa shape index (κ2) is 9.31. The number of nitrogens with zero attached hydrogens (tertiary/aromatic N) is 3. The Labute approximate surface area is 193 Å². The maximum absolute atomic E-state index is 13.6. The molecule has 0 bridgehead atoms. The third kappa shape index (κ3) is 4.88. The number of carbonyl (C=O) groups is 2. The van der Waals surface area contributed by atoms with Crippen molar-refractivity contribution in [3.63, 3.8) is 0 Å². The van der Waals surface area contributed by atoms with Crippen LogP contribution in [0.1, 0.15) is 28.1 Å². The molecule has 8 nitrogen and oxygen atoms in total. The normalized spacial score (nSPS) is 17.1. The topological polar surface area (TPSA) is 108 Å². The first-order chi connectivity index (χ1) is 16.3. The Morgan fingerprint density at radius 1 is 1.35 bits per heavy atom. The Bertz CT molecular complexity index is 1310. The summed E-state index contributed by atoms with van der Waals surface area (Å²) >= 11 is 0. The summed E-state index contributed by atoms with van der Waals surface area (Å²) in [6, 6.07) is 9.19. The first-order valence-electron chi connectivity index (χ1n) is 10.3. The Balaban J connectivity index is 1.45. The number of furan rings is 1. The second-order valence-corrected chi connectivity index (χ2v) is 7.76. The minimum Gasteiger partial charge on any atom is -0.497 e. The van der Waals surface area contributed by atoms with Crippen LogP contribution in [-0.4, -0.2) is 53.9 Å². The third-order valence-electron chi connectivity index (χ3n) is 5.41. The number of ether oxygens (including phenoxy) is 1. The number of fused-ring (bicyclic) bond motifs is 1. The molecule has 3 aromatic rings. The van der Waals surface area contributed by atoms with E-state index in [1.165, 1.54) is 18.5 Å². The number of hydrogen-bond acceptors (Lipinski definition) is 6. The van der Waals surface area contributed by atoms with Crippen LogP contribution >= 0.6 is 0 Å². The summed E-state index contributed by atoms with van der Waals surface area (Å²) < 4.78 is 38.1. The number of hydrogen-bond donors (Lipinski definition) is 1. The molecular formula is C24H20F2N4O4. The summed E-state index contributed by atoms with van der Waals surface area (Å²) in [6.45, 7) is -1.35. The lowest BCUT2D eigenvalue weighted by Crippen LogP contribution is -2.43. The molecule has 1 aliphatic heterocycles. The van der Waals surface area contributed by atoms with E-state index in [0.29, 0.717) is 22.7 Å². The highest BCUT2D eigenvalue weighted by Crippen LogP contribution is 2.31. The van der Waals surface area contributed by atoms with Gasteiger partial charge in [-0.1, -0.05) is 0 Å². The van der Waals surface area contributed by atoms with Crippen molar-refractivity contribution in [3.05, 3.63) is 59.6 Å². The van der Waals surface area contributed by atoms with Crippen LogP contribution in [0.5, 0.6) is 5.75 Å². The van der Waals surface area contributed by atoms with Crippen LogP contribution in [0.25, 0.3) is 23.1 Å². The first kappa shape index (κ1) is 22.9. The highest BCUT2D eigenvalue weighted by atomic mass is 19.3. The minimum atomic E-state index is -3.12. The van der Waals surface area contributed by atoms with Crippen molar-refractivity contribution < 1.29 is 27.5 Å². The van der Waals surface area contributed by atoms with Gasteiger partial charge in [0.2, 0.25) is 5.91 Å². The van der Waals surface area contributed by atoms with E-state index in [1.54, 1.807) is 37.5 Å².